The molecule has 2 aromatic rings. The van der Waals surface area contributed by atoms with E-state index in [2.05, 4.69) is 21.0 Å². The number of aromatic nitrogens is 2. The van der Waals surface area contributed by atoms with E-state index in [1.165, 1.54) is 4.90 Å². The van der Waals surface area contributed by atoms with E-state index in [1.54, 1.807) is 38.0 Å². The zero-order valence-electron chi connectivity index (χ0n) is 11.5. The Kier molecular flexibility index (Phi) is 4.25. The summed E-state index contributed by atoms with van der Waals surface area (Å²) in [5.41, 5.74) is 2.02. The van der Waals surface area contributed by atoms with Gasteiger partial charge in [0.1, 0.15) is 0 Å². The number of carbonyl (C=O) groups is 1. The molecule has 2 rings (SSSR count). The molecule has 0 bridgehead atoms. The number of amides is 1. The normalized spacial score (nSPS) is 12.2. The summed E-state index contributed by atoms with van der Waals surface area (Å²) in [5.74, 6) is -0.138. The SMILES string of the molecule is C[C@@H](O)c1ccc(-n2ccc(C(=O)N(C)C)n2)c(Br)c1. The van der Waals surface area contributed by atoms with E-state index in [0.717, 1.165) is 15.7 Å². The molecule has 0 aliphatic carbocycles. The molecule has 0 fully saturated rings. The average molecular weight is 338 g/mol. The summed E-state index contributed by atoms with van der Waals surface area (Å²) in [4.78, 5) is 13.3. The van der Waals surface area contributed by atoms with Crippen molar-refractivity contribution in [3.05, 3.63) is 46.2 Å². The molecule has 20 heavy (non-hydrogen) atoms. The van der Waals surface area contributed by atoms with Gasteiger partial charge in [-0.2, -0.15) is 5.10 Å². The van der Waals surface area contributed by atoms with Gasteiger partial charge in [0, 0.05) is 24.8 Å². The third-order valence-corrected chi connectivity index (χ3v) is 3.55. The maximum Gasteiger partial charge on any atom is 0.273 e. The molecule has 1 N–H and O–H groups in total. The largest absolute Gasteiger partial charge is 0.389 e. The summed E-state index contributed by atoms with van der Waals surface area (Å²) in [7, 11) is 3.38. The van der Waals surface area contributed by atoms with E-state index < -0.39 is 6.10 Å². The Balaban J connectivity index is 2.35. The van der Waals surface area contributed by atoms with Crippen LogP contribution in [0.3, 0.4) is 0 Å². The van der Waals surface area contributed by atoms with Gasteiger partial charge in [-0.15, -0.1) is 0 Å². The highest BCUT2D eigenvalue weighted by molar-refractivity contribution is 9.10. The number of halogens is 1. The standard InChI is InChI=1S/C14H16BrN3O2/c1-9(19)10-4-5-13(11(15)8-10)18-7-6-12(16-18)14(20)17(2)3/h4-9,19H,1-3H3/t9-/m1/s1. The first-order valence-corrected chi connectivity index (χ1v) is 6.94. The Hall–Kier alpha value is -1.66. The second kappa shape index (κ2) is 5.76. The molecule has 1 heterocycles. The number of nitrogens with zero attached hydrogens (tertiary/aromatic N) is 3. The van der Waals surface area contributed by atoms with Crippen LogP contribution in [0.1, 0.15) is 29.1 Å². The van der Waals surface area contributed by atoms with E-state index in [4.69, 9.17) is 0 Å². The summed E-state index contributed by atoms with van der Waals surface area (Å²) in [6, 6.07) is 7.20. The molecule has 1 aromatic carbocycles. The van der Waals surface area contributed by atoms with Crippen molar-refractivity contribution in [3.8, 4) is 5.69 Å². The van der Waals surface area contributed by atoms with Gasteiger partial charge in [0.05, 0.1) is 11.8 Å². The Morgan fingerprint density at radius 3 is 2.65 bits per heavy atom. The molecule has 0 unspecified atom stereocenters. The van der Waals surface area contributed by atoms with Gasteiger partial charge in [-0.3, -0.25) is 4.79 Å². The number of aliphatic hydroxyl groups is 1. The summed E-state index contributed by atoms with van der Waals surface area (Å²) in [5, 5.41) is 13.8. The molecule has 6 heteroatoms. The fraction of sp³-hybridized carbons (Fsp3) is 0.286. The second-order valence-electron chi connectivity index (χ2n) is 4.73. The fourth-order valence-corrected chi connectivity index (χ4v) is 2.35. The molecule has 0 radical (unpaired) electrons. The minimum absolute atomic E-state index is 0.138. The van der Waals surface area contributed by atoms with Crippen LogP contribution in [0.25, 0.3) is 5.69 Å². The lowest BCUT2D eigenvalue weighted by Crippen LogP contribution is -2.22. The third-order valence-electron chi connectivity index (χ3n) is 2.92. The van der Waals surface area contributed by atoms with Gasteiger partial charge in [-0.1, -0.05) is 6.07 Å². The summed E-state index contributed by atoms with van der Waals surface area (Å²) < 4.78 is 2.44. The van der Waals surface area contributed by atoms with E-state index in [0.29, 0.717) is 5.69 Å². The molecule has 1 atom stereocenters. The highest BCUT2D eigenvalue weighted by Crippen LogP contribution is 2.25. The van der Waals surface area contributed by atoms with Gasteiger partial charge in [0.25, 0.3) is 5.91 Å². The molecular formula is C14H16BrN3O2. The van der Waals surface area contributed by atoms with Gasteiger partial charge in [-0.25, -0.2) is 4.68 Å². The van der Waals surface area contributed by atoms with Crippen LogP contribution in [-0.4, -0.2) is 39.8 Å². The first-order valence-electron chi connectivity index (χ1n) is 6.15. The topological polar surface area (TPSA) is 58.4 Å². The van der Waals surface area contributed by atoms with Crippen LogP contribution in [0.4, 0.5) is 0 Å². The summed E-state index contributed by atoms with van der Waals surface area (Å²) >= 11 is 3.46. The van der Waals surface area contributed by atoms with E-state index in [1.807, 2.05) is 18.2 Å². The number of hydrogen-bond donors (Lipinski definition) is 1. The van der Waals surface area contributed by atoms with Gasteiger partial charge in [-0.05, 0) is 46.6 Å². The van der Waals surface area contributed by atoms with Crippen molar-refractivity contribution in [2.75, 3.05) is 14.1 Å². The molecule has 0 aliphatic heterocycles. The molecule has 5 nitrogen and oxygen atoms in total. The quantitative estimate of drug-likeness (QED) is 0.935. The fourth-order valence-electron chi connectivity index (χ4n) is 1.77. The minimum Gasteiger partial charge on any atom is -0.389 e. The molecule has 0 saturated heterocycles. The Bertz CT molecular complexity index is 635. The maximum atomic E-state index is 11.8. The van der Waals surface area contributed by atoms with Crippen molar-refractivity contribution in [2.24, 2.45) is 0 Å². The van der Waals surface area contributed by atoms with E-state index in [9.17, 15) is 9.90 Å². The number of hydrogen-bond acceptors (Lipinski definition) is 3. The van der Waals surface area contributed by atoms with Gasteiger partial charge >= 0.3 is 0 Å². The van der Waals surface area contributed by atoms with Crippen molar-refractivity contribution in [1.29, 1.82) is 0 Å². The molecule has 1 aromatic heterocycles. The Labute approximate surface area is 126 Å². The van der Waals surface area contributed by atoms with Gasteiger partial charge in [0.2, 0.25) is 0 Å². The van der Waals surface area contributed by atoms with Crippen molar-refractivity contribution in [1.82, 2.24) is 14.7 Å². The smallest absolute Gasteiger partial charge is 0.273 e. The second-order valence-corrected chi connectivity index (χ2v) is 5.59. The van der Waals surface area contributed by atoms with Crippen molar-refractivity contribution in [3.63, 3.8) is 0 Å². The highest BCUT2D eigenvalue weighted by Gasteiger charge is 2.13. The molecule has 106 valence electrons. The van der Waals surface area contributed by atoms with E-state index in [-0.39, 0.29) is 5.91 Å². The predicted octanol–water partition coefficient (Wildman–Crippen LogP) is 2.39. The van der Waals surface area contributed by atoms with Gasteiger partial charge in [0.15, 0.2) is 5.69 Å². The van der Waals surface area contributed by atoms with Crippen LogP contribution >= 0.6 is 15.9 Å². The van der Waals surface area contributed by atoms with Crippen LogP contribution in [0, 0.1) is 0 Å². The summed E-state index contributed by atoms with van der Waals surface area (Å²) in [6.07, 6.45) is 1.21. The van der Waals surface area contributed by atoms with Crippen LogP contribution in [0.15, 0.2) is 34.9 Å². The number of benzene rings is 1. The maximum absolute atomic E-state index is 11.8. The first kappa shape index (κ1) is 14.7. The van der Waals surface area contributed by atoms with Crippen molar-refractivity contribution >= 4 is 21.8 Å². The lowest BCUT2D eigenvalue weighted by Gasteiger charge is -2.10. The predicted molar refractivity (Wildman–Crippen MR) is 79.9 cm³/mol. The lowest BCUT2D eigenvalue weighted by molar-refractivity contribution is 0.0821. The van der Waals surface area contributed by atoms with Crippen molar-refractivity contribution < 1.29 is 9.90 Å². The van der Waals surface area contributed by atoms with Gasteiger partial charge < -0.3 is 10.0 Å². The molecular weight excluding hydrogens is 322 g/mol. The number of aliphatic hydroxyl groups excluding tert-OH is 1. The monoisotopic (exact) mass is 337 g/mol. The molecule has 1 amide bonds. The van der Waals surface area contributed by atoms with E-state index >= 15 is 0 Å². The molecule has 0 saturated carbocycles. The first-order chi connectivity index (χ1) is 9.40. The average Bonchev–Trinajstić information content (AvgIpc) is 2.86. The zero-order chi connectivity index (χ0) is 14.9. The molecule has 0 aliphatic rings. The molecule has 0 spiro atoms. The van der Waals surface area contributed by atoms with Crippen LogP contribution < -0.4 is 0 Å². The Morgan fingerprint density at radius 1 is 1.40 bits per heavy atom. The minimum atomic E-state index is -0.524. The van der Waals surface area contributed by atoms with Crippen LogP contribution in [0.5, 0.6) is 0 Å². The Morgan fingerprint density at radius 2 is 2.10 bits per heavy atom. The third kappa shape index (κ3) is 2.91. The highest BCUT2D eigenvalue weighted by atomic mass is 79.9. The van der Waals surface area contributed by atoms with Crippen molar-refractivity contribution in [2.45, 2.75) is 13.0 Å². The lowest BCUT2D eigenvalue weighted by atomic mass is 10.1. The summed E-state index contributed by atoms with van der Waals surface area (Å²) in [6.45, 7) is 1.71. The van der Waals surface area contributed by atoms with Crippen LogP contribution in [-0.2, 0) is 0 Å². The number of carbonyl (C=O) groups excluding carboxylic acids is 1. The van der Waals surface area contributed by atoms with Crippen LogP contribution in [0.2, 0.25) is 0 Å². The zero-order valence-corrected chi connectivity index (χ0v) is 13.1. The number of rotatable bonds is 3.